The maximum atomic E-state index is 12.1. The lowest BCUT2D eigenvalue weighted by atomic mass is 10.1. The molecule has 0 radical (unpaired) electrons. The minimum atomic E-state index is -0.179. The predicted molar refractivity (Wildman–Crippen MR) is 88.5 cm³/mol. The zero-order valence-electron chi connectivity index (χ0n) is 13.6. The highest BCUT2D eigenvalue weighted by Crippen LogP contribution is 2.13. The fourth-order valence-corrected chi connectivity index (χ4v) is 2.47. The summed E-state index contributed by atoms with van der Waals surface area (Å²) in [6, 6.07) is 7.67. The van der Waals surface area contributed by atoms with Gasteiger partial charge in [-0.15, -0.1) is 0 Å². The normalized spacial score (nSPS) is 15.7. The molecule has 22 heavy (non-hydrogen) atoms. The number of carbonyl (C=O) groups is 1. The van der Waals surface area contributed by atoms with Crippen LogP contribution in [0.5, 0.6) is 5.75 Å². The molecule has 0 unspecified atom stereocenters. The fraction of sp³-hybridized carbons (Fsp3) is 0.529. The molecule has 0 aromatic heterocycles. The summed E-state index contributed by atoms with van der Waals surface area (Å²) in [7, 11) is 0. The maximum Gasteiger partial charge on any atom is 0.271 e. The molecule has 120 valence electrons. The first-order chi connectivity index (χ1) is 10.6. The van der Waals surface area contributed by atoms with Crippen molar-refractivity contribution in [3.8, 4) is 5.75 Å². The van der Waals surface area contributed by atoms with Crippen LogP contribution in [-0.4, -0.2) is 42.3 Å². The molecule has 0 aliphatic carbocycles. The number of hydrogen-bond acceptors (Lipinski definition) is 4. The van der Waals surface area contributed by atoms with Gasteiger partial charge in [-0.05, 0) is 45.0 Å². The van der Waals surface area contributed by atoms with E-state index < -0.39 is 0 Å². The Labute approximate surface area is 132 Å². The van der Waals surface area contributed by atoms with Gasteiger partial charge >= 0.3 is 0 Å². The number of amides is 1. The Kier molecular flexibility index (Phi) is 5.95. The van der Waals surface area contributed by atoms with Gasteiger partial charge in [0.2, 0.25) is 0 Å². The van der Waals surface area contributed by atoms with Crippen LogP contribution in [0.3, 0.4) is 0 Å². The number of ether oxygens (including phenoxy) is 1. The molecule has 1 fully saturated rings. The van der Waals surface area contributed by atoms with Gasteiger partial charge in [0.05, 0.1) is 6.61 Å². The van der Waals surface area contributed by atoms with E-state index in [2.05, 4.69) is 29.3 Å². The first-order valence-corrected chi connectivity index (χ1v) is 7.93. The van der Waals surface area contributed by atoms with Crippen molar-refractivity contribution in [3.63, 3.8) is 0 Å². The van der Waals surface area contributed by atoms with Crippen LogP contribution in [0.15, 0.2) is 29.4 Å². The van der Waals surface area contributed by atoms with Gasteiger partial charge in [-0.25, -0.2) is 5.43 Å². The van der Waals surface area contributed by atoms with Crippen LogP contribution in [0.4, 0.5) is 0 Å². The monoisotopic (exact) mass is 303 g/mol. The molecule has 0 atom stereocenters. The third-order valence-electron chi connectivity index (χ3n) is 3.85. The molecule has 2 rings (SSSR count). The Morgan fingerprint density at radius 3 is 2.45 bits per heavy atom. The molecule has 1 amide bonds. The van der Waals surface area contributed by atoms with E-state index in [0.29, 0.717) is 18.2 Å². The number of rotatable bonds is 5. The number of likely N-dealkylation sites (tertiary alicyclic amines) is 1. The number of hydrogen-bond donors (Lipinski definition) is 1. The fourth-order valence-electron chi connectivity index (χ4n) is 2.47. The van der Waals surface area contributed by atoms with Gasteiger partial charge in [-0.1, -0.05) is 0 Å². The van der Waals surface area contributed by atoms with Crippen molar-refractivity contribution in [2.45, 2.75) is 39.7 Å². The van der Waals surface area contributed by atoms with E-state index in [1.54, 1.807) is 24.3 Å². The molecule has 0 spiro atoms. The molecule has 1 aliphatic rings. The van der Waals surface area contributed by atoms with Crippen LogP contribution >= 0.6 is 0 Å². The summed E-state index contributed by atoms with van der Waals surface area (Å²) in [5.41, 5.74) is 4.31. The van der Waals surface area contributed by atoms with Crippen molar-refractivity contribution < 1.29 is 9.53 Å². The average Bonchev–Trinajstić information content (AvgIpc) is 2.54. The van der Waals surface area contributed by atoms with E-state index in [-0.39, 0.29) is 5.91 Å². The topological polar surface area (TPSA) is 53.9 Å². The molecule has 1 N–H and O–H groups in total. The van der Waals surface area contributed by atoms with E-state index >= 15 is 0 Å². The van der Waals surface area contributed by atoms with E-state index in [9.17, 15) is 4.79 Å². The van der Waals surface area contributed by atoms with Crippen molar-refractivity contribution in [2.75, 3.05) is 19.7 Å². The summed E-state index contributed by atoms with van der Waals surface area (Å²) >= 11 is 0. The third-order valence-corrected chi connectivity index (χ3v) is 3.85. The molecule has 0 saturated carbocycles. The molecular weight excluding hydrogens is 278 g/mol. The summed E-state index contributed by atoms with van der Waals surface area (Å²) < 4.78 is 5.36. The number of carbonyl (C=O) groups excluding carboxylic acids is 1. The Balaban J connectivity index is 1.86. The van der Waals surface area contributed by atoms with Crippen LogP contribution in [-0.2, 0) is 0 Å². The van der Waals surface area contributed by atoms with Crippen molar-refractivity contribution in [3.05, 3.63) is 29.8 Å². The zero-order valence-corrected chi connectivity index (χ0v) is 13.6. The second-order valence-electron chi connectivity index (χ2n) is 5.71. The van der Waals surface area contributed by atoms with Crippen molar-refractivity contribution in [1.82, 2.24) is 10.3 Å². The average molecular weight is 303 g/mol. The second kappa shape index (κ2) is 7.94. The highest BCUT2D eigenvalue weighted by atomic mass is 16.5. The molecule has 0 bridgehead atoms. The van der Waals surface area contributed by atoms with Gasteiger partial charge in [0, 0.05) is 43.2 Å². The number of piperidine rings is 1. The third kappa shape index (κ3) is 4.56. The van der Waals surface area contributed by atoms with Crippen LogP contribution in [0, 0.1) is 0 Å². The predicted octanol–water partition coefficient (Wildman–Crippen LogP) is 2.68. The molecule has 5 nitrogen and oxygen atoms in total. The summed E-state index contributed by atoms with van der Waals surface area (Å²) in [5.74, 6) is 0.591. The standard InChI is InChI=1S/C17H25N3O2/c1-4-22-16-7-5-14(6-8-16)17(21)19-18-15-9-11-20(12-10-15)13(2)3/h5-8,13H,4,9-12H2,1-3H3,(H,19,21). The number of benzene rings is 1. The SMILES string of the molecule is CCOc1ccc(C(=O)NN=C2CCN(C(C)C)CC2)cc1. The van der Waals surface area contributed by atoms with Gasteiger partial charge in [0.15, 0.2) is 0 Å². The minimum absolute atomic E-state index is 0.179. The Morgan fingerprint density at radius 1 is 1.27 bits per heavy atom. The van der Waals surface area contributed by atoms with Crippen LogP contribution in [0.25, 0.3) is 0 Å². The van der Waals surface area contributed by atoms with Gasteiger partial charge in [0.25, 0.3) is 5.91 Å². The van der Waals surface area contributed by atoms with E-state index in [4.69, 9.17) is 4.74 Å². The summed E-state index contributed by atoms with van der Waals surface area (Å²) in [6.07, 6.45) is 1.84. The molecule has 1 heterocycles. The summed E-state index contributed by atoms with van der Waals surface area (Å²) in [6.45, 7) is 8.98. The van der Waals surface area contributed by atoms with Gasteiger partial charge in [-0.2, -0.15) is 5.10 Å². The van der Waals surface area contributed by atoms with Crippen molar-refractivity contribution >= 4 is 11.6 Å². The smallest absolute Gasteiger partial charge is 0.271 e. The van der Waals surface area contributed by atoms with Crippen molar-refractivity contribution in [1.29, 1.82) is 0 Å². The number of nitrogens with zero attached hydrogens (tertiary/aromatic N) is 2. The minimum Gasteiger partial charge on any atom is -0.494 e. The van der Waals surface area contributed by atoms with E-state index in [0.717, 1.165) is 37.4 Å². The Bertz CT molecular complexity index is 513. The highest BCUT2D eigenvalue weighted by Gasteiger charge is 2.17. The molecule has 1 saturated heterocycles. The van der Waals surface area contributed by atoms with Gasteiger partial charge in [0.1, 0.15) is 5.75 Å². The second-order valence-corrected chi connectivity index (χ2v) is 5.71. The molecule has 1 aromatic carbocycles. The van der Waals surface area contributed by atoms with Crippen LogP contribution in [0.1, 0.15) is 44.0 Å². The van der Waals surface area contributed by atoms with E-state index in [1.807, 2.05) is 6.92 Å². The Hall–Kier alpha value is -1.88. The first-order valence-electron chi connectivity index (χ1n) is 7.93. The number of nitrogens with one attached hydrogen (secondary N) is 1. The highest BCUT2D eigenvalue weighted by molar-refractivity contribution is 5.95. The lowest BCUT2D eigenvalue weighted by Crippen LogP contribution is -2.39. The lowest BCUT2D eigenvalue weighted by Gasteiger charge is -2.30. The summed E-state index contributed by atoms with van der Waals surface area (Å²) in [5, 5.41) is 4.27. The van der Waals surface area contributed by atoms with Gasteiger partial charge in [-0.3, -0.25) is 4.79 Å². The lowest BCUT2D eigenvalue weighted by molar-refractivity contribution is 0.0954. The molecule has 1 aliphatic heterocycles. The zero-order chi connectivity index (χ0) is 15.9. The van der Waals surface area contributed by atoms with Crippen LogP contribution < -0.4 is 10.2 Å². The quantitative estimate of drug-likeness (QED) is 0.851. The largest absolute Gasteiger partial charge is 0.494 e. The maximum absolute atomic E-state index is 12.1. The molecular formula is C17H25N3O2. The Morgan fingerprint density at radius 2 is 1.91 bits per heavy atom. The van der Waals surface area contributed by atoms with E-state index in [1.165, 1.54) is 0 Å². The van der Waals surface area contributed by atoms with Crippen LogP contribution in [0.2, 0.25) is 0 Å². The van der Waals surface area contributed by atoms with Gasteiger partial charge < -0.3 is 9.64 Å². The summed E-state index contributed by atoms with van der Waals surface area (Å²) in [4.78, 5) is 14.5. The first kappa shape index (κ1) is 16.5. The molecule has 1 aromatic rings. The van der Waals surface area contributed by atoms with Crippen molar-refractivity contribution in [2.24, 2.45) is 5.10 Å². The molecule has 5 heteroatoms. The number of hydrazone groups is 1.